The first-order valence-corrected chi connectivity index (χ1v) is 12.3. The zero-order valence-corrected chi connectivity index (χ0v) is 20.9. The molecule has 1 amide bonds. The van der Waals surface area contributed by atoms with Crippen LogP contribution in [-0.4, -0.2) is 39.3 Å². The van der Waals surface area contributed by atoms with Gasteiger partial charge in [0.1, 0.15) is 5.75 Å². The summed E-state index contributed by atoms with van der Waals surface area (Å²) in [5.41, 5.74) is 0.953. The molecule has 0 heterocycles. The summed E-state index contributed by atoms with van der Waals surface area (Å²) in [7, 11) is -1.00. The fourth-order valence-corrected chi connectivity index (χ4v) is 5.06. The van der Waals surface area contributed by atoms with Gasteiger partial charge in [0.25, 0.3) is 0 Å². The van der Waals surface area contributed by atoms with Crippen LogP contribution in [0, 0.1) is 0 Å². The van der Waals surface area contributed by atoms with E-state index in [1.54, 1.807) is 49.5 Å². The SMILES string of the molecule is COc1cccc(N(C)C(=O)CN(Cc2c(Cl)cccc2Cl)S(=O)(=O)c2ccc(Cl)cc2)c1. The zero-order valence-electron chi connectivity index (χ0n) is 17.8. The van der Waals surface area contributed by atoms with E-state index >= 15 is 0 Å². The van der Waals surface area contributed by atoms with Crippen molar-refractivity contribution in [1.82, 2.24) is 4.31 Å². The first kappa shape index (κ1) is 25.3. The number of hydrogen-bond acceptors (Lipinski definition) is 4. The highest BCUT2D eigenvalue weighted by Gasteiger charge is 2.29. The number of sulfonamides is 1. The Labute approximate surface area is 208 Å². The molecular formula is C23H21Cl3N2O4S. The van der Waals surface area contributed by atoms with Crippen LogP contribution in [0.3, 0.4) is 0 Å². The monoisotopic (exact) mass is 526 g/mol. The van der Waals surface area contributed by atoms with Gasteiger partial charge in [-0.1, -0.05) is 46.9 Å². The molecule has 0 atom stereocenters. The Morgan fingerprint density at radius 2 is 1.55 bits per heavy atom. The second kappa shape index (κ2) is 10.8. The Hall–Kier alpha value is -2.29. The van der Waals surface area contributed by atoms with Gasteiger partial charge in [-0.2, -0.15) is 4.31 Å². The molecule has 0 saturated heterocycles. The lowest BCUT2D eigenvalue weighted by molar-refractivity contribution is -0.118. The van der Waals surface area contributed by atoms with Gasteiger partial charge in [-0.25, -0.2) is 8.42 Å². The molecule has 3 rings (SSSR count). The molecule has 33 heavy (non-hydrogen) atoms. The van der Waals surface area contributed by atoms with Crippen molar-refractivity contribution in [3.05, 3.63) is 87.4 Å². The normalized spacial score (nSPS) is 11.5. The number of anilines is 1. The number of rotatable bonds is 8. The van der Waals surface area contributed by atoms with E-state index in [9.17, 15) is 13.2 Å². The predicted molar refractivity (Wildman–Crippen MR) is 132 cm³/mol. The molecule has 0 aliphatic heterocycles. The standard InChI is InChI=1S/C23H21Cl3N2O4S/c1-27(17-5-3-6-18(13-17)32-2)23(29)15-28(14-20-21(25)7-4-8-22(20)26)33(30,31)19-11-9-16(24)10-12-19/h3-13H,14-15H2,1-2H3. The van der Waals surface area contributed by atoms with E-state index < -0.39 is 22.5 Å². The summed E-state index contributed by atoms with van der Waals surface area (Å²) in [6.07, 6.45) is 0. The number of methoxy groups -OCH3 is 1. The molecule has 0 aliphatic rings. The zero-order chi connectivity index (χ0) is 24.2. The third-order valence-electron chi connectivity index (χ3n) is 4.97. The largest absolute Gasteiger partial charge is 0.497 e. The summed E-state index contributed by atoms with van der Waals surface area (Å²) >= 11 is 18.5. The van der Waals surface area contributed by atoms with E-state index in [1.807, 2.05) is 0 Å². The van der Waals surface area contributed by atoms with Gasteiger partial charge in [0.15, 0.2) is 0 Å². The van der Waals surface area contributed by atoms with Crippen molar-refractivity contribution in [3.63, 3.8) is 0 Å². The topological polar surface area (TPSA) is 66.9 Å². The van der Waals surface area contributed by atoms with Crippen LogP contribution in [0.25, 0.3) is 0 Å². The van der Waals surface area contributed by atoms with Crippen molar-refractivity contribution in [1.29, 1.82) is 0 Å². The number of carbonyl (C=O) groups excluding carboxylic acids is 1. The smallest absolute Gasteiger partial charge is 0.243 e. The lowest BCUT2D eigenvalue weighted by Gasteiger charge is -2.26. The Bertz CT molecular complexity index is 1230. The fourth-order valence-electron chi connectivity index (χ4n) is 3.06. The van der Waals surface area contributed by atoms with Crippen molar-refractivity contribution < 1.29 is 17.9 Å². The molecule has 0 radical (unpaired) electrons. The Morgan fingerprint density at radius 1 is 0.939 bits per heavy atom. The van der Waals surface area contributed by atoms with Crippen LogP contribution in [0.1, 0.15) is 5.56 Å². The highest BCUT2D eigenvalue weighted by Crippen LogP contribution is 2.29. The van der Waals surface area contributed by atoms with Crippen LogP contribution in [0.15, 0.2) is 71.6 Å². The molecule has 0 aromatic heterocycles. The molecular weight excluding hydrogens is 507 g/mol. The Balaban J connectivity index is 1.97. The number of hydrogen-bond donors (Lipinski definition) is 0. The number of benzene rings is 3. The highest BCUT2D eigenvalue weighted by molar-refractivity contribution is 7.89. The average molecular weight is 528 g/mol. The molecule has 10 heteroatoms. The van der Waals surface area contributed by atoms with Crippen molar-refractivity contribution in [2.24, 2.45) is 0 Å². The fraction of sp³-hybridized carbons (Fsp3) is 0.174. The molecule has 6 nitrogen and oxygen atoms in total. The van der Waals surface area contributed by atoms with Crippen LogP contribution < -0.4 is 9.64 Å². The second-order valence-electron chi connectivity index (χ2n) is 7.08. The number of ether oxygens (including phenoxy) is 1. The van der Waals surface area contributed by atoms with Gasteiger partial charge < -0.3 is 9.64 Å². The van der Waals surface area contributed by atoms with Crippen LogP contribution >= 0.6 is 34.8 Å². The molecule has 0 aliphatic carbocycles. The van der Waals surface area contributed by atoms with Gasteiger partial charge in [-0.3, -0.25) is 4.79 Å². The number of halogens is 3. The van der Waals surface area contributed by atoms with Crippen LogP contribution in [0.5, 0.6) is 5.75 Å². The minimum Gasteiger partial charge on any atom is -0.497 e. The van der Waals surface area contributed by atoms with Crippen molar-refractivity contribution in [2.75, 3.05) is 25.6 Å². The third-order valence-corrected chi connectivity index (χ3v) is 7.74. The van der Waals surface area contributed by atoms with E-state index in [1.165, 1.54) is 36.3 Å². The minimum atomic E-state index is -4.09. The number of nitrogens with zero attached hydrogens (tertiary/aromatic N) is 2. The van der Waals surface area contributed by atoms with E-state index in [2.05, 4.69) is 0 Å². The number of likely N-dealkylation sites (N-methyl/N-ethyl adjacent to an activating group) is 1. The summed E-state index contributed by atoms with van der Waals surface area (Å²) < 4.78 is 33.2. The molecule has 0 spiro atoms. The molecule has 3 aromatic carbocycles. The predicted octanol–water partition coefficient (Wildman–Crippen LogP) is 5.51. The van der Waals surface area contributed by atoms with Gasteiger partial charge in [-0.15, -0.1) is 0 Å². The van der Waals surface area contributed by atoms with Crippen molar-refractivity contribution in [3.8, 4) is 5.75 Å². The highest BCUT2D eigenvalue weighted by atomic mass is 35.5. The first-order valence-electron chi connectivity index (χ1n) is 9.72. The van der Waals surface area contributed by atoms with Crippen LogP contribution in [0.4, 0.5) is 5.69 Å². The molecule has 3 aromatic rings. The summed E-state index contributed by atoms with van der Waals surface area (Å²) in [5, 5.41) is 0.989. The molecule has 0 N–H and O–H groups in total. The van der Waals surface area contributed by atoms with E-state index in [0.717, 1.165) is 4.31 Å². The maximum Gasteiger partial charge on any atom is 0.243 e. The van der Waals surface area contributed by atoms with Crippen molar-refractivity contribution >= 4 is 56.4 Å². The summed E-state index contributed by atoms with van der Waals surface area (Å²) in [4.78, 5) is 14.5. The van der Waals surface area contributed by atoms with Gasteiger partial charge in [-0.05, 0) is 48.5 Å². The Morgan fingerprint density at radius 3 is 2.15 bits per heavy atom. The van der Waals surface area contributed by atoms with E-state index in [0.29, 0.717) is 32.1 Å². The third kappa shape index (κ3) is 5.99. The van der Waals surface area contributed by atoms with Gasteiger partial charge in [0, 0.05) is 46.0 Å². The molecule has 0 saturated carbocycles. The van der Waals surface area contributed by atoms with Crippen molar-refractivity contribution in [2.45, 2.75) is 11.4 Å². The van der Waals surface area contributed by atoms with Crippen LogP contribution in [0.2, 0.25) is 15.1 Å². The molecule has 174 valence electrons. The van der Waals surface area contributed by atoms with Gasteiger partial charge in [0.05, 0.1) is 18.6 Å². The van der Waals surface area contributed by atoms with Gasteiger partial charge >= 0.3 is 0 Å². The molecule has 0 unspecified atom stereocenters. The van der Waals surface area contributed by atoms with Crippen LogP contribution in [-0.2, 0) is 21.4 Å². The van der Waals surface area contributed by atoms with E-state index in [4.69, 9.17) is 39.5 Å². The lowest BCUT2D eigenvalue weighted by atomic mass is 10.2. The lowest BCUT2D eigenvalue weighted by Crippen LogP contribution is -2.41. The number of amides is 1. The number of carbonyl (C=O) groups is 1. The average Bonchev–Trinajstić information content (AvgIpc) is 2.80. The van der Waals surface area contributed by atoms with E-state index in [-0.39, 0.29) is 11.4 Å². The maximum absolute atomic E-state index is 13.5. The minimum absolute atomic E-state index is 0.00749. The van der Waals surface area contributed by atoms with Gasteiger partial charge in [0.2, 0.25) is 15.9 Å². The quantitative estimate of drug-likeness (QED) is 0.387. The first-order chi connectivity index (χ1) is 15.6. The molecule has 0 bridgehead atoms. The summed E-state index contributed by atoms with van der Waals surface area (Å²) in [6, 6.07) is 17.5. The maximum atomic E-state index is 13.5. The summed E-state index contributed by atoms with van der Waals surface area (Å²) in [5.74, 6) is 0.115. The second-order valence-corrected chi connectivity index (χ2v) is 10.3. The molecule has 0 fully saturated rings. The Kier molecular flexibility index (Phi) is 8.26. The summed E-state index contributed by atoms with van der Waals surface area (Å²) in [6.45, 7) is -0.638.